The maximum Gasteiger partial charge on any atom is 0.305 e. The largest absolute Gasteiger partial charge is 0.481 e. The summed E-state index contributed by atoms with van der Waals surface area (Å²) in [6.07, 6.45) is -0.210. The molecule has 0 aliphatic carbocycles. The Balaban J connectivity index is 2.35. The summed E-state index contributed by atoms with van der Waals surface area (Å²) in [5.41, 5.74) is -2.08. The van der Waals surface area contributed by atoms with Gasteiger partial charge in [0.25, 0.3) is 17.4 Å². The molecule has 0 saturated carbocycles. The van der Waals surface area contributed by atoms with Crippen LogP contribution < -0.4 is 16.2 Å². The lowest BCUT2D eigenvalue weighted by Crippen LogP contribution is -2.45. The molecule has 1 aromatic carbocycles. The first kappa shape index (κ1) is 25.3. The van der Waals surface area contributed by atoms with Crippen molar-refractivity contribution in [3.8, 4) is 0 Å². The lowest BCUT2D eigenvalue weighted by atomic mass is 10.1. The molecule has 2 aromatic rings. The third kappa shape index (κ3) is 7.02. The predicted octanol–water partition coefficient (Wildman–Crippen LogP) is 1.71. The van der Waals surface area contributed by atoms with Gasteiger partial charge in [0, 0.05) is 24.2 Å². The van der Waals surface area contributed by atoms with Gasteiger partial charge >= 0.3 is 5.97 Å². The van der Waals surface area contributed by atoms with Crippen LogP contribution in [0.15, 0.2) is 47.4 Å². The van der Waals surface area contributed by atoms with E-state index in [1.54, 1.807) is 18.2 Å². The Hall–Kier alpha value is -3.96. The molecular formula is C21H20F3N3O6. The number of benzene rings is 1. The van der Waals surface area contributed by atoms with Gasteiger partial charge in [-0.25, -0.2) is 13.2 Å². The van der Waals surface area contributed by atoms with E-state index in [2.05, 4.69) is 5.32 Å². The molecule has 0 spiro atoms. The van der Waals surface area contributed by atoms with Crippen molar-refractivity contribution in [2.75, 3.05) is 12.0 Å². The van der Waals surface area contributed by atoms with Crippen LogP contribution in [0.25, 0.3) is 0 Å². The fourth-order valence-electron chi connectivity index (χ4n) is 2.77. The van der Waals surface area contributed by atoms with Gasteiger partial charge in [-0.1, -0.05) is 18.2 Å². The number of nitrogens with one attached hydrogen (secondary N) is 2. The van der Waals surface area contributed by atoms with E-state index in [-0.39, 0.29) is 5.56 Å². The number of Topliss-reactive ketones (excluding diaryl/α,β-unsaturated/α-hetero) is 1. The summed E-state index contributed by atoms with van der Waals surface area (Å²) in [4.78, 5) is 59.7. The first-order valence-corrected chi connectivity index (χ1v) is 9.51. The van der Waals surface area contributed by atoms with E-state index in [0.29, 0.717) is 17.7 Å². The maximum absolute atomic E-state index is 14.0. The summed E-state index contributed by atoms with van der Waals surface area (Å²) in [5, 5.41) is 13.0. The number of hydrogen-bond donors (Lipinski definition) is 3. The van der Waals surface area contributed by atoms with Crippen LogP contribution in [-0.2, 0) is 26.9 Å². The topological polar surface area (TPSA) is 135 Å². The number of amides is 2. The van der Waals surface area contributed by atoms with Gasteiger partial charge in [-0.3, -0.25) is 24.0 Å². The number of aliphatic carboxylic acids is 1. The Bertz CT molecular complexity index is 1110. The molecule has 1 aromatic heterocycles. The third-order valence-electron chi connectivity index (χ3n) is 4.43. The fourth-order valence-corrected chi connectivity index (χ4v) is 2.77. The second-order valence-electron chi connectivity index (χ2n) is 7.10. The van der Waals surface area contributed by atoms with Gasteiger partial charge in [0.15, 0.2) is 5.78 Å². The lowest BCUT2D eigenvalue weighted by Gasteiger charge is -2.18. The van der Waals surface area contributed by atoms with Crippen LogP contribution in [0.3, 0.4) is 0 Å². The normalized spacial score (nSPS) is 12.0. The maximum atomic E-state index is 14.0. The molecule has 0 fully saturated rings. The van der Waals surface area contributed by atoms with Crippen molar-refractivity contribution in [1.82, 2.24) is 9.88 Å². The number of anilines is 1. The molecule has 0 saturated heterocycles. The van der Waals surface area contributed by atoms with Crippen LogP contribution in [0.4, 0.5) is 18.9 Å². The van der Waals surface area contributed by atoms with Crippen molar-refractivity contribution in [2.45, 2.75) is 31.9 Å². The standard InChI is InChI=1S/C21H20F3N3O6/c1-21(23,24)13-7-15(26-19(32)12-5-3-2-4-6-12)20(33)27(10-13)11-17(29)25-14(8-18(30)31)16(28)9-22/h2-7,10,14H,8-9,11H2,1H3,(H,25,29)(H,26,32)(H,30,31). The van der Waals surface area contributed by atoms with Crippen molar-refractivity contribution in [3.63, 3.8) is 0 Å². The number of carbonyl (C=O) groups is 4. The van der Waals surface area contributed by atoms with Crippen LogP contribution in [-0.4, -0.2) is 46.0 Å². The molecule has 9 nitrogen and oxygen atoms in total. The zero-order valence-corrected chi connectivity index (χ0v) is 17.3. The van der Waals surface area contributed by atoms with Crippen molar-refractivity contribution in [1.29, 1.82) is 0 Å². The van der Waals surface area contributed by atoms with Crippen molar-refractivity contribution < 1.29 is 37.5 Å². The third-order valence-corrected chi connectivity index (χ3v) is 4.43. The first-order chi connectivity index (χ1) is 15.4. The zero-order chi connectivity index (χ0) is 24.8. The zero-order valence-electron chi connectivity index (χ0n) is 17.3. The molecule has 2 amide bonds. The number of rotatable bonds is 10. The number of alkyl halides is 3. The van der Waals surface area contributed by atoms with Crippen LogP contribution in [0.1, 0.15) is 29.3 Å². The molecule has 1 atom stereocenters. The minimum Gasteiger partial charge on any atom is -0.481 e. The Kier molecular flexibility index (Phi) is 8.10. The molecule has 176 valence electrons. The van der Waals surface area contributed by atoms with Gasteiger partial charge in [-0.2, -0.15) is 0 Å². The summed E-state index contributed by atoms with van der Waals surface area (Å²) < 4.78 is 41.2. The molecule has 0 aliphatic heterocycles. The fraction of sp³-hybridized carbons (Fsp3) is 0.286. The van der Waals surface area contributed by atoms with E-state index < -0.39 is 72.0 Å². The summed E-state index contributed by atoms with van der Waals surface area (Å²) in [7, 11) is 0. The molecule has 2 rings (SSSR count). The highest BCUT2D eigenvalue weighted by molar-refractivity contribution is 6.04. The minimum atomic E-state index is -3.45. The number of pyridine rings is 1. The average Bonchev–Trinajstić information content (AvgIpc) is 2.74. The SMILES string of the molecule is CC(F)(F)c1cc(NC(=O)c2ccccc2)c(=O)n(CC(=O)NC(CC(=O)O)C(=O)CF)c1. The number of halogens is 3. The summed E-state index contributed by atoms with van der Waals surface area (Å²) >= 11 is 0. The van der Waals surface area contributed by atoms with E-state index in [9.17, 15) is 37.1 Å². The minimum absolute atomic E-state index is 0.149. The van der Waals surface area contributed by atoms with E-state index in [4.69, 9.17) is 5.11 Å². The van der Waals surface area contributed by atoms with Gasteiger partial charge in [-0.15, -0.1) is 0 Å². The quantitative estimate of drug-likeness (QED) is 0.487. The van der Waals surface area contributed by atoms with Crippen molar-refractivity contribution in [3.05, 3.63) is 64.1 Å². The van der Waals surface area contributed by atoms with Crippen LogP contribution in [0.2, 0.25) is 0 Å². The number of carboxylic acids is 1. The van der Waals surface area contributed by atoms with Crippen LogP contribution >= 0.6 is 0 Å². The molecule has 1 unspecified atom stereocenters. The Morgan fingerprint density at radius 2 is 1.79 bits per heavy atom. The first-order valence-electron chi connectivity index (χ1n) is 9.51. The van der Waals surface area contributed by atoms with Gasteiger partial charge in [0.2, 0.25) is 5.91 Å². The number of carboxylic acid groups (broad SMARTS) is 1. The number of hydrogen-bond acceptors (Lipinski definition) is 5. The van der Waals surface area contributed by atoms with E-state index >= 15 is 0 Å². The molecule has 1 heterocycles. The molecule has 3 N–H and O–H groups in total. The molecular weight excluding hydrogens is 447 g/mol. The predicted molar refractivity (Wildman–Crippen MR) is 110 cm³/mol. The highest BCUT2D eigenvalue weighted by atomic mass is 19.3. The highest BCUT2D eigenvalue weighted by Gasteiger charge is 2.28. The second kappa shape index (κ2) is 10.6. The average molecular weight is 467 g/mol. The van der Waals surface area contributed by atoms with Gasteiger partial charge in [0.1, 0.15) is 24.9 Å². The Morgan fingerprint density at radius 1 is 1.15 bits per heavy atom. The summed E-state index contributed by atoms with van der Waals surface area (Å²) in [6, 6.07) is 6.70. The van der Waals surface area contributed by atoms with Gasteiger partial charge < -0.3 is 20.3 Å². The summed E-state index contributed by atoms with van der Waals surface area (Å²) in [5.74, 6) is -7.99. The molecule has 0 radical (unpaired) electrons. The molecule has 0 bridgehead atoms. The lowest BCUT2D eigenvalue weighted by molar-refractivity contribution is -0.140. The summed E-state index contributed by atoms with van der Waals surface area (Å²) in [6.45, 7) is -1.89. The highest BCUT2D eigenvalue weighted by Crippen LogP contribution is 2.27. The number of ketones is 1. The van der Waals surface area contributed by atoms with Crippen molar-refractivity contribution in [2.24, 2.45) is 0 Å². The number of nitrogens with zero attached hydrogens (tertiary/aromatic N) is 1. The van der Waals surface area contributed by atoms with E-state index in [0.717, 1.165) is 6.07 Å². The monoisotopic (exact) mass is 467 g/mol. The number of carbonyl (C=O) groups excluding carboxylic acids is 3. The molecule has 33 heavy (non-hydrogen) atoms. The Labute approximate surface area is 185 Å². The smallest absolute Gasteiger partial charge is 0.305 e. The van der Waals surface area contributed by atoms with E-state index in [1.165, 1.54) is 12.1 Å². The van der Waals surface area contributed by atoms with Crippen molar-refractivity contribution >= 4 is 29.3 Å². The molecule has 12 heteroatoms. The van der Waals surface area contributed by atoms with Gasteiger partial charge in [0.05, 0.1) is 6.42 Å². The number of aromatic nitrogens is 1. The van der Waals surface area contributed by atoms with Crippen LogP contribution in [0.5, 0.6) is 0 Å². The van der Waals surface area contributed by atoms with Gasteiger partial charge in [-0.05, 0) is 18.2 Å². The second-order valence-corrected chi connectivity index (χ2v) is 7.10. The van der Waals surface area contributed by atoms with E-state index in [1.807, 2.05) is 5.32 Å². The molecule has 0 aliphatic rings. The Morgan fingerprint density at radius 3 is 2.33 bits per heavy atom. The van der Waals surface area contributed by atoms with Crippen LogP contribution in [0, 0.1) is 0 Å².